The van der Waals surface area contributed by atoms with E-state index in [1.807, 2.05) is 12.1 Å². The molecule has 1 amide bonds. The molecule has 0 aliphatic heterocycles. The number of nitrogens with one attached hydrogen (secondary N) is 1. The van der Waals surface area contributed by atoms with Gasteiger partial charge in [-0.15, -0.1) is 0 Å². The molecule has 0 saturated carbocycles. The zero-order valence-electron chi connectivity index (χ0n) is 13.6. The van der Waals surface area contributed by atoms with E-state index in [1.54, 1.807) is 48.5 Å². The van der Waals surface area contributed by atoms with E-state index in [4.69, 9.17) is 5.26 Å². The minimum Gasteiger partial charge on any atom is -0.324 e. The molecule has 0 heterocycles. The smallest absolute Gasteiger partial charge is 0.239 e. The van der Waals surface area contributed by atoms with E-state index in [-0.39, 0.29) is 6.54 Å². The molecule has 128 valence electrons. The van der Waals surface area contributed by atoms with Gasteiger partial charge in [-0.3, -0.25) is 4.79 Å². The van der Waals surface area contributed by atoms with Crippen molar-refractivity contribution in [1.82, 2.24) is 4.31 Å². The lowest BCUT2D eigenvalue weighted by molar-refractivity contribution is -0.116. The lowest BCUT2D eigenvalue weighted by Gasteiger charge is -2.14. The van der Waals surface area contributed by atoms with Crippen molar-refractivity contribution >= 4 is 27.7 Å². The van der Waals surface area contributed by atoms with Gasteiger partial charge in [-0.25, -0.2) is 8.42 Å². The average molecular weight is 355 g/mol. The van der Waals surface area contributed by atoms with E-state index < -0.39 is 15.9 Å². The fourth-order valence-corrected chi connectivity index (χ4v) is 2.84. The standard InChI is InChI=1S/C18H17N3O3S/c1-21(25(23,24)12-11-15-7-3-2-4-8-15)14-18(22)20-17-10-6-5-9-16(17)13-19/h2-12H,14H2,1H3,(H,20,22). The summed E-state index contributed by atoms with van der Waals surface area (Å²) in [5, 5.41) is 12.6. The minimum atomic E-state index is -3.73. The monoisotopic (exact) mass is 355 g/mol. The maximum atomic E-state index is 12.2. The van der Waals surface area contributed by atoms with E-state index in [0.717, 1.165) is 15.3 Å². The molecular formula is C18H17N3O3S. The fraction of sp³-hybridized carbons (Fsp3) is 0.111. The lowest BCUT2D eigenvalue weighted by atomic mass is 10.2. The van der Waals surface area contributed by atoms with E-state index in [2.05, 4.69) is 5.32 Å². The van der Waals surface area contributed by atoms with Crippen LogP contribution < -0.4 is 5.32 Å². The SMILES string of the molecule is CN(CC(=O)Nc1ccccc1C#N)S(=O)(=O)C=Cc1ccccc1. The van der Waals surface area contributed by atoms with Gasteiger partial charge in [-0.2, -0.15) is 9.57 Å². The molecule has 0 fully saturated rings. The van der Waals surface area contributed by atoms with Crippen molar-refractivity contribution in [3.8, 4) is 6.07 Å². The van der Waals surface area contributed by atoms with Crippen LogP contribution in [-0.4, -0.2) is 32.2 Å². The summed E-state index contributed by atoms with van der Waals surface area (Å²) in [6.45, 7) is -0.360. The topological polar surface area (TPSA) is 90.3 Å². The zero-order chi connectivity index (χ0) is 18.3. The number of benzene rings is 2. The van der Waals surface area contributed by atoms with E-state index in [9.17, 15) is 13.2 Å². The molecule has 1 N–H and O–H groups in total. The molecule has 0 bridgehead atoms. The number of carbonyl (C=O) groups excluding carboxylic acids is 1. The summed E-state index contributed by atoms with van der Waals surface area (Å²) in [4.78, 5) is 12.1. The van der Waals surface area contributed by atoms with Crippen LogP contribution >= 0.6 is 0 Å². The van der Waals surface area contributed by atoms with Crippen LogP contribution in [0.2, 0.25) is 0 Å². The molecule has 0 atom stereocenters. The predicted octanol–water partition coefficient (Wildman–Crippen LogP) is 2.43. The average Bonchev–Trinajstić information content (AvgIpc) is 2.61. The second-order valence-electron chi connectivity index (χ2n) is 5.22. The third-order valence-corrected chi connectivity index (χ3v) is 4.83. The first-order valence-corrected chi connectivity index (χ1v) is 8.91. The third-order valence-electron chi connectivity index (χ3n) is 3.35. The van der Waals surface area contributed by atoms with Crippen LogP contribution in [0.1, 0.15) is 11.1 Å². The first kappa shape index (κ1) is 18.4. The zero-order valence-corrected chi connectivity index (χ0v) is 14.4. The number of hydrogen-bond acceptors (Lipinski definition) is 4. The van der Waals surface area contributed by atoms with Crippen LogP contribution in [0.5, 0.6) is 0 Å². The van der Waals surface area contributed by atoms with E-state index in [1.165, 1.54) is 13.1 Å². The summed E-state index contributed by atoms with van der Waals surface area (Å²) in [6, 6.07) is 17.5. The van der Waals surface area contributed by atoms with Crippen molar-refractivity contribution in [3.63, 3.8) is 0 Å². The van der Waals surface area contributed by atoms with Crippen molar-refractivity contribution in [1.29, 1.82) is 5.26 Å². The lowest BCUT2D eigenvalue weighted by Crippen LogP contribution is -2.33. The number of nitrogens with zero attached hydrogens (tertiary/aromatic N) is 2. The highest BCUT2D eigenvalue weighted by Crippen LogP contribution is 2.14. The second kappa shape index (κ2) is 8.24. The molecule has 6 nitrogen and oxygen atoms in total. The van der Waals surface area contributed by atoms with Crippen LogP contribution in [0, 0.1) is 11.3 Å². The van der Waals surface area contributed by atoms with Crippen molar-refractivity contribution in [3.05, 3.63) is 71.1 Å². The number of amides is 1. The molecule has 0 aromatic heterocycles. The summed E-state index contributed by atoms with van der Waals surface area (Å²) in [5.74, 6) is -0.526. The Bertz CT molecular complexity index is 916. The fourth-order valence-electron chi connectivity index (χ4n) is 2.00. The highest BCUT2D eigenvalue weighted by molar-refractivity contribution is 7.92. The largest absolute Gasteiger partial charge is 0.324 e. The number of anilines is 1. The van der Waals surface area contributed by atoms with Crippen LogP contribution in [0.4, 0.5) is 5.69 Å². The summed E-state index contributed by atoms with van der Waals surface area (Å²) in [5.41, 5.74) is 1.40. The second-order valence-corrected chi connectivity index (χ2v) is 7.15. The third kappa shape index (κ3) is 5.28. The van der Waals surface area contributed by atoms with E-state index >= 15 is 0 Å². The molecule has 0 radical (unpaired) electrons. The Kier molecular flexibility index (Phi) is 6.06. The molecule has 0 saturated heterocycles. The van der Waals surface area contributed by atoms with Gasteiger partial charge >= 0.3 is 0 Å². The number of likely N-dealkylation sites (N-methyl/N-ethyl adjacent to an activating group) is 1. The van der Waals surface area contributed by atoms with Crippen LogP contribution in [0.15, 0.2) is 60.0 Å². The van der Waals surface area contributed by atoms with Gasteiger partial charge in [0.1, 0.15) is 6.07 Å². The van der Waals surface area contributed by atoms with Gasteiger partial charge in [0.25, 0.3) is 0 Å². The molecule has 2 aromatic rings. The van der Waals surface area contributed by atoms with Crippen molar-refractivity contribution in [2.45, 2.75) is 0 Å². The first-order chi connectivity index (χ1) is 11.9. The van der Waals surface area contributed by atoms with Gasteiger partial charge in [0.05, 0.1) is 17.8 Å². The molecule has 0 aliphatic carbocycles. The highest BCUT2D eigenvalue weighted by atomic mass is 32.2. The number of nitriles is 1. The summed E-state index contributed by atoms with van der Waals surface area (Å²) in [6.07, 6.45) is 1.47. The Labute approximate surface area is 147 Å². The Morgan fingerprint density at radius 3 is 2.48 bits per heavy atom. The Hall–Kier alpha value is -2.95. The number of hydrogen-bond donors (Lipinski definition) is 1. The molecule has 25 heavy (non-hydrogen) atoms. The first-order valence-electron chi connectivity index (χ1n) is 7.41. The summed E-state index contributed by atoms with van der Waals surface area (Å²) < 4.78 is 25.4. The van der Waals surface area contributed by atoms with Crippen LogP contribution in [0.3, 0.4) is 0 Å². The molecular weight excluding hydrogens is 338 g/mol. The van der Waals surface area contributed by atoms with Crippen LogP contribution in [-0.2, 0) is 14.8 Å². The summed E-state index contributed by atoms with van der Waals surface area (Å²) in [7, 11) is -2.41. The van der Waals surface area contributed by atoms with Gasteiger partial charge in [-0.1, -0.05) is 42.5 Å². The summed E-state index contributed by atoms with van der Waals surface area (Å²) >= 11 is 0. The molecule has 2 aromatic carbocycles. The van der Waals surface area contributed by atoms with Crippen LogP contribution in [0.25, 0.3) is 6.08 Å². The molecule has 0 spiro atoms. The Morgan fingerprint density at radius 1 is 1.16 bits per heavy atom. The van der Waals surface area contributed by atoms with Gasteiger partial charge in [-0.05, 0) is 23.8 Å². The maximum absolute atomic E-state index is 12.2. The predicted molar refractivity (Wildman–Crippen MR) is 96.8 cm³/mol. The number of para-hydroxylation sites is 1. The molecule has 0 aliphatic rings. The van der Waals surface area contributed by atoms with Gasteiger partial charge in [0.2, 0.25) is 15.9 Å². The number of carbonyl (C=O) groups is 1. The molecule has 0 unspecified atom stereocenters. The van der Waals surface area contributed by atoms with Crippen molar-refractivity contribution < 1.29 is 13.2 Å². The maximum Gasteiger partial charge on any atom is 0.239 e. The van der Waals surface area contributed by atoms with E-state index in [0.29, 0.717) is 11.3 Å². The number of rotatable bonds is 6. The highest BCUT2D eigenvalue weighted by Gasteiger charge is 2.18. The number of sulfonamides is 1. The van der Waals surface area contributed by atoms with Gasteiger partial charge in [0, 0.05) is 12.5 Å². The van der Waals surface area contributed by atoms with Gasteiger partial charge in [0.15, 0.2) is 0 Å². The Balaban J connectivity index is 2.02. The molecule has 7 heteroatoms. The Morgan fingerprint density at radius 2 is 1.80 bits per heavy atom. The molecule has 2 rings (SSSR count). The quantitative estimate of drug-likeness (QED) is 0.862. The van der Waals surface area contributed by atoms with Gasteiger partial charge < -0.3 is 5.32 Å². The van der Waals surface area contributed by atoms with Crippen molar-refractivity contribution in [2.75, 3.05) is 18.9 Å². The normalized spacial score (nSPS) is 11.4. The van der Waals surface area contributed by atoms with Crippen molar-refractivity contribution in [2.24, 2.45) is 0 Å². The minimum absolute atomic E-state index is 0.310.